The van der Waals surface area contributed by atoms with Gasteiger partial charge in [-0.15, -0.1) is 0 Å². The second kappa shape index (κ2) is 3.31. The van der Waals surface area contributed by atoms with Crippen molar-refractivity contribution in [1.82, 2.24) is 0 Å². The van der Waals surface area contributed by atoms with Crippen molar-refractivity contribution in [1.29, 1.82) is 0 Å². The molecule has 1 spiro atoms. The molecular formula is C11H18O3. The van der Waals surface area contributed by atoms with Crippen LogP contribution in [0.2, 0.25) is 0 Å². The molecular weight excluding hydrogens is 180 g/mol. The minimum Gasteiger partial charge on any atom is -0.348 e. The zero-order chi connectivity index (χ0) is 10.2. The molecule has 0 bridgehead atoms. The van der Waals surface area contributed by atoms with Gasteiger partial charge in [-0.1, -0.05) is 13.8 Å². The van der Waals surface area contributed by atoms with Gasteiger partial charge >= 0.3 is 0 Å². The first-order valence-corrected chi connectivity index (χ1v) is 5.31. The Balaban J connectivity index is 2.16. The third-order valence-corrected chi connectivity index (χ3v) is 3.02. The van der Waals surface area contributed by atoms with Crippen LogP contribution in [0.5, 0.6) is 0 Å². The summed E-state index contributed by atoms with van der Waals surface area (Å²) in [6, 6.07) is 0. The molecule has 1 aliphatic carbocycles. The summed E-state index contributed by atoms with van der Waals surface area (Å²) in [6.45, 7) is 5.57. The molecule has 0 aromatic carbocycles. The van der Waals surface area contributed by atoms with E-state index in [-0.39, 0.29) is 5.41 Å². The minimum atomic E-state index is -0.449. The molecule has 0 unspecified atom stereocenters. The molecule has 1 saturated heterocycles. The predicted octanol–water partition coefficient (Wildman–Crippen LogP) is 1.90. The van der Waals surface area contributed by atoms with Gasteiger partial charge in [-0.2, -0.15) is 0 Å². The van der Waals surface area contributed by atoms with Crippen LogP contribution in [0, 0.1) is 5.41 Å². The number of carbonyl (C=O) groups excluding carboxylic acids is 1. The Morgan fingerprint density at radius 2 is 1.86 bits per heavy atom. The molecule has 0 N–H and O–H groups in total. The van der Waals surface area contributed by atoms with E-state index >= 15 is 0 Å². The number of hydrogen-bond donors (Lipinski definition) is 0. The highest BCUT2D eigenvalue weighted by Crippen LogP contribution is 2.42. The smallest absolute Gasteiger partial charge is 0.169 e. The van der Waals surface area contributed by atoms with Crippen LogP contribution >= 0.6 is 0 Å². The lowest BCUT2D eigenvalue weighted by Gasteiger charge is -2.32. The van der Waals surface area contributed by atoms with Crippen molar-refractivity contribution in [2.75, 3.05) is 13.2 Å². The Kier molecular flexibility index (Phi) is 2.40. The van der Waals surface area contributed by atoms with Crippen LogP contribution in [-0.2, 0) is 14.3 Å². The summed E-state index contributed by atoms with van der Waals surface area (Å²) in [4.78, 5) is 11.5. The van der Waals surface area contributed by atoms with Crippen LogP contribution in [0.3, 0.4) is 0 Å². The highest BCUT2D eigenvalue weighted by Gasteiger charge is 2.44. The van der Waals surface area contributed by atoms with Crippen LogP contribution in [0.1, 0.15) is 39.5 Å². The van der Waals surface area contributed by atoms with E-state index in [1.807, 2.05) is 0 Å². The van der Waals surface area contributed by atoms with Crippen LogP contribution in [0.25, 0.3) is 0 Å². The number of Topliss-reactive ketones (excluding diaryl/α,β-unsaturated/α-hetero) is 1. The van der Waals surface area contributed by atoms with Gasteiger partial charge in [-0.3, -0.25) is 4.79 Å². The van der Waals surface area contributed by atoms with E-state index in [4.69, 9.17) is 9.47 Å². The molecule has 2 rings (SSSR count). The number of rotatable bonds is 0. The van der Waals surface area contributed by atoms with Gasteiger partial charge in [0, 0.05) is 25.7 Å². The second-order valence-corrected chi connectivity index (χ2v) is 5.16. The summed E-state index contributed by atoms with van der Waals surface area (Å²) in [6.07, 6.45) is 2.83. The Morgan fingerprint density at radius 3 is 2.50 bits per heavy atom. The number of ether oxygens (including phenoxy) is 2. The molecule has 0 atom stereocenters. The fourth-order valence-corrected chi connectivity index (χ4v) is 2.58. The molecule has 3 nitrogen and oxygen atoms in total. The maximum atomic E-state index is 11.5. The quantitative estimate of drug-likeness (QED) is 0.596. The zero-order valence-electron chi connectivity index (χ0n) is 8.97. The predicted molar refractivity (Wildman–Crippen MR) is 51.9 cm³/mol. The van der Waals surface area contributed by atoms with Crippen molar-refractivity contribution in [3.8, 4) is 0 Å². The molecule has 2 fully saturated rings. The number of carbonyl (C=O) groups is 1. The zero-order valence-corrected chi connectivity index (χ0v) is 8.97. The van der Waals surface area contributed by atoms with Crippen molar-refractivity contribution in [2.45, 2.75) is 45.3 Å². The molecule has 14 heavy (non-hydrogen) atoms. The van der Waals surface area contributed by atoms with E-state index in [1.54, 1.807) is 0 Å². The normalized spacial score (nSPS) is 30.6. The molecule has 2 aliphatic rings. The largest absolute Gasteiger partial charge is 0.348 e. The van der Waals surface area contributed by atoms with Gasteiger partial charge in [0.05, 0.1) is 13.2 Å². The molecule has 0 aromatic heterocycles. The van der Waals surface area contributed by atoms with Crippen LogP contribution < -0.4 is 0 Å². The SMILES string of the molecule is CC1(C)CC(=O)CCC2(C1)OCCO2. The highest BCUT2D eigenvalue weighted by atomic mass is 16.7. The van der Waals surface area contributed by atoms with E-state index in [9.17, 15) is 4.79 Å². The first-order chi connectivity index (χ1) is 6.52. The third kappa shape index (κ3) is 1.98. The van der Waals surface area contributed by atoms with Gasteiger partial charge in [0.1, 0.15) is 5.78 Å². The van der Waals surface area contributed by atoms with E-state index in [0.717, 1.165) is 12.8 Å². The summed E-state index contributed by atoms with van der Waals surface area (Å²) in [5.74, 6) is -0.110. The molecule has 0 amide bonds. The van der Waals surface area contributed by atoms with Crippen molar-refractivity contribution >= 4 is 5.78 Å². The fourth-order valence-electron chi connectivity index (χ4n) is 2.58. The van der Waals surface area contributed by atoms with Crippen LogP contribution in [0.15, 0.2) is 0 Å². The van der Waals surface area contributed by atoms with Crippen molar-refractivity contribution in [3.63, 3.8) is 0 Å². The Bertz CT molecular complexity index is 239. The van der Waals surface area contributed by atoms with Gasteiger partial charge in [-0.25, -0.2) is 0 Å². The van der Waals surface area contributed by atoms with Crippen molar-refractivity contribution < 1.29 is 14.3 Å². The summed E-state index contributed by atoms with van der Waals surface area (Å²) in [5, 5.41) is 0. The maximum absolute atomic E-state index is 11.5. The molecule has 0 radical (unpaired) electrons. The molecule has 3 heteroatoms. The molecule has 1 heterocycles. The molecule has 1 saturated carbocycles. The lowest BCUT2D eigenvalue weighted by Crippen LogP contribution is -2.34. The molecule has 1 aliphatic heterocycles. The third-order valence-electron chi connectivity index (χ3n) is 3.02. The second-order valence-electron chi connectivity index (χ2n) is 5.16. The summed E-state index contributed by atoms with van der Waals surface area (Å²) >= 11 is 0. The van der Waals surface area contributed by atoms with Crippen molar-refractivity contribution in [3.05, 3.63) is 0 Å². The van der Waals surface area contributed by atoms with E-state index in [1.165, 1.54) is 0 Å². The van der Waals surface area contributed by atoms with Crippen molar-refractivity contribution in [2.24, 2.45) is 5.41 Å². The standard InChI is InChI=1S/C11H18O3/c1-10(2)7-9(12)3-4-11(8-10)13-5-6-14-11/h3-8H2,1-2H3. The monoisotopic (exact) mass is 198 g/mol. The van der Waals surface area contributed by atoms with Gasteiger partial charge in [0.15, 0.2) is 5.79 Å². The summed E-state index contributed by atoms with van der Waals surface area (Å²) in [5.41, 5.74) is 0.0118. The lowest BCUT2D eigenvalue weighted by atomic mass is 9.83. The molecule has 0 aromatic rings. The number of ketones is 1. The minimum absolute atomic E-state index is 0.0118. The van der Waals surface area contributed by atoms with Gasteiger partial charge in [0.25, 0.3) is 0 Å². The average Bonchev–Trinajstić information content (AvgIpc) is 2.43. The van der Waals surface area contributed by atoms with E-state index in [2.05, 4.69) is 13.8 Å². The van der Waals surface area contributed by atoms with Gasteiger partial charge in [-0.05, 0) is 5.41 Å². The van der Waals surface area contributed by atoms with Gasteiger partial charge < -0.3 is 9.47 Å². The average molecular weight is 198 g/mol. The van der Waals surface area contributed by atoms with E-state index in [0.29, 0.717) is 31.8 Å². The highest BCUT2D eigenvalue weighted by molar-refractivity contribution is 5.79. The topological polar surface area (TPSA) is 35.5 Å². The summed E-state index contributed by atoms with van der Waals surface area (Å²) < 4.78 is 11.3. The van der Waals surface area contributed by atoms with Gasteiger partial charge in [0.2, 0.25) is 0 Å². The first-order valence-electron chi connectivity index (χ1n) is 5.31. The molecule has 80 valence electrons. The Hall–Kier alpha value is -0.410. The van der Waals surface area contributed by atoms with Crippen LogP contribution in [-0.4, -0.2) is 24.8 Å². The van der Waals surface area contributed by atoms with E-state index < -0.39 is 5.79 Å². The van der Waals surface area contributed by atoms with Crippen LogP contribution in [0.4, 0.5) is 0 Å². The first kappa shape index (κ1) is 10.1. The Labute approximate surface area is 84.8 Å². The fraction of sp³-hybridized carbons (Fsp3) is 0.909. The summed E-state index contributed by atoms with van der Waals surface area (Å²) in [7, 11) is 0. The maximum Gasteiger partial charge on any atom is 0.169 e. The lowest BCUT2D eigenvalue weighted by molar-refractivity contribution is -0.178. The number of hydrogen-bond acceptors (Lipinski definition) is 3. The Morgan fingerprint density at radius 1 is 1.21 bits per heavy atom.